The van der Waals surface area contributed by atoms with Crippen molar-refractivity contribution in [3.8, 4) is 67.3 Å². The first-order valence-electron chi connectivity index (χ1n) is 19.2. The summed E-state index contributed by atoms with van der Waals surface area (Å²) in [5.74, 6) is 0.713. The van der Waals surface area contributed by atoms with Crippen LogP contribution in [0.1, 0.15) is 25.0 Å². The zero-order chi connectivity index (χ0) is 37.4. The van der Waals surface area contributed by atoms with Crippen molar-refractivity contribution < 1.29 is 0 Å². The van der Waals surface area contributed by atoms with Crippen LogP contribution in [0.5, 0.6) is 0 Å². The minimum atomic E-state index is -0.114. The lowest BCUT2D eigenvalue weighted by molar-refractivity contribution is 0.660. The van der Waals surface area contributed by atoms with E-state index in [-0.39, 0.29) is 5.41 Å². The lowest BCUT2D eigenvalue weighted by atomic mass is 9.82. The fraction of sp³-hybridized carbons (Fsp3) is 0.0566. The van der Waals surface area contributed by atoms with Crippen molar-refractivity contribution in [2.45, 2.75) is 19.3 Å². The summed E-state index contributed by atoms with van der Waals surface area (Å²) in [5.41, 5.74) is 14.8. The van der Waals surface area contributed by atoms with Gasteiger partial charge in [0.15, 0.2) is 5.82 Å². The van der Waals surface area contributed by atoms with Gasteiger partial charge in [0, 0.05) is 47.7 Å². The molecule has 0 saturated heterocycles. The van der Waals surface area contributed by atoms with Gasteiger partial charge in [-0.25, -0.2) is 9.97 Å². The van der Waals surface area contributed by atoms with Crippen LogP contribution in [0, 0.1) is 0 Å². The minimum absolute atomic E-state index is 0.114. The van der Waals surface area contributed by atoms with E-state index in [2.05, 4.69) is 190 Å². The van der Waals surface area contributed by atoms with Crippen LogP contribution in [-0.2, 0) is 5.41 Å². The molecule has 0 spiro atoms. The largest absolute Gasteiger partial charge is 0.228 e. The molecule has 1 aliphatic carbocycles. The van der Waals surface area contributed by atoms with E-state index in [1.807, 2.05) is 17.4 Å². The van der Waals surface area contributed by atoms with Crippen molar-refractivity contribution in [1.82, 2.24) is 9.97 Å². The van der Waals surface area contributed by atoms with Crippen molar-refractivity contribution >= 4 is 42.3 Å². The van der Waals surface area contributed by atoms with E-state index in [9.17, 15) is 0 Å². The molecule has 264 valence electrons. The Labute approximate surface area is 330 Å². The van der Waals surface area contributed by atoms with Crippen molar-refractivity contribution in [2.75, 3.05) is 0 Å². The summed E-state index contributed by atoms with van der Waals surface area (Å²) in [5, 5.41) is 5.12. The Morgan fingerprint density at radius 2 is 1.00 bits per heavy atom. The van der Waals surface area contributed by atoms with Crippen LogP contribution in [0.2, 0.25) is 0 Å². The second-order valence-electron chi connectivity index (χ2n) is 15.3. The predicted octanol–water partition coefficient (Wildman–Crippen LogP) is 14.6. The molecule has 0 aliphatic heterocycles. The number of thiophene rings is 1. The summed E-state index contributed by atoms with van der Waals surface area (Å²) < 4.78 is 2.64. The van der Waals surface area contributed by atoms with Gasteiger partial charge >= 0.3 is 0 Å². The lowest BCUT2D eigenvalue weighted by Crippen LogP contribution is -2.14. The molecule has 0 atom stereocenters. The van der Waals surface area contributed by atoms with Gasteiger partial charge in [0.05, 0.1) is 11.4 Å². The molecule has 0 N–H and O–H groups in total. The van der Waals surface area contributed by atoms with E-state index < -0.39 is 0 Å². The molecule has 0 amide bonds. The first-order chi connectivity index (χ1) is 27.5. The van der Waals surface area contributed by atoms with Crippen molar-refractivity contribution in [3.05, 3.63) is 193 Å². The summed E-state index contributed by atoms with van der Waals surface area (Å²) >= 11 is 1.88. The Morgan fingerprint density at radius 3 is 1.82 bits per heavy atom. The number of rotatable bonds is 5. The van der Waals surface area contributed by atoms with Crippen molar-refractivity contribution in [1.29, 1.82) is 0 Å². The number of nitrogens with zero attached hydrogens (tertiary/aromatic N) is 2. The van der Waals surface area contributed by atoms with Gasteiger partial charge < -0.3 is 0 Å². The van der Waals surface area contributed by atoms with Crippen LogP contribution in [-0.4, -0.2) is 9.97 Å². The van der Waals surface area contributed by atoms with Crippen LogP contribution >= 0.6 is 11.3 Å². The third-order valence-electron chi connectivity index (χ3n) is 11.7. The van der Waals surface area contributed by atoms with Gasteiger partial charge in [-0.1, -0.05) is 159 Å². The summed E-state index contributed by atoms with van der Waals surface area (Å²) in [6, 6.07) is 65.9. The Kier molecular flexibility index (Phi) is 7.42. The van der Waals surface area contributed by atoms with Gasteiger partial charge in [0.25, 0.3) is 0 Å². The molecule has 56 heavy (non-hydrogen) atoms. The smallest absolute Gasteiger partial charge is 0.160 e. The molecule has 0 bridgehead atoms. The number of hydrogen-bond acceptors (Lipinski definition) is 3. The Balaban J connectivity index is 1.19. The van der Waals surface area contributed by atoms with E-state index in [4.69, 9.17) is 9.97 Å². The molecule has 2 nitrogen and oxygen atoms in total. The van der Waals surface area contributed by atoms with Crippen LogP contribution in [0.15, 0.2) is 182 Å². The van der Waals surface area contributed by atoms with Gasteiger partial charge in [0.2, 0.25) is 0 Å². The van der Waals surface area contributed by atoms with E-state index >= 15 is 0 Å². The molecular formula is C53H36N2S. The molecule has 0 saturated carbocycles. The minimum Gasteiger partial charge on any atom is -0.228 e. The average Bonchev–Trinajstić information content (AvgIpc) is 3.76. The molecule has 0 radical (unpaired) electrons. The molecule has 0 fully saturated rings. The first kappa shape index (κ1) is 32.7. The van der Waals surface area contributed by atoms with Crippen LogP contribution in [0.25, 0.3) is 98.2 Å². The SMILES string of the molecule is CC1(C)c2ccccc2-c2c(-c3cc(-c4cc(-c5ccccc5)cc(-c5cc6c7ccccc7sc6c6ccccc56)c4)nc(-c4ccccc4)n3)cccc21. The average molecular weight is 733 g/mol. The van der Waals surface area contributed by atoms with E-state index in [1.54, 1.807) is 0 Å². The normalized spacial score (nSPS) is 13.0. The summed E-state index contributed by atoms with van der Waals surface area (Å²) in [6.45, 7) is 4.66. The maximum Gasteiger partial charge on any atom is 0.160 e. The third kappa shape index (κ3) is 5.16. The fourth-order valence-electron chi connectivity index (χ4n) is 8.93. The molecule has 3 heteroatoms. The number of fused-ring (bicyclic) bond motifs is 8. The van der Waals surface area contributed by atoms with Crippen LogP contribution in [0.4, 0.5) is 0 Å². The standard InChI is InChI=1S/C53H36N2S/c1-53(2)45-25-13-11-23-41(45)50-42(24-15-26-46(50)53)48-32-47(54-52(55-48)34-18-7-4-8-19-34)37-29-35(33-16-5-3-6-17-33)28-36(30-37)43-31-44-39-21-12-14-27-49(39)56-51(44)40-22-10-9-20-38(40)43/h3-32H,1-2H3. The molecule has 2 aromatic heterocycles. The zero-order valence-corrected chi connectivity index (χ0v) is 31.9. The summed E-state index contributed by atoms with van der Waals surface area (Å²) in [7, 11) is 0. The second kappa shape index (κ2) is 12.7. The van der Waals surface area contributed by atoms with Gasteiger partial charge in [-0.2, -0.15) is 0 Å². The third-order valence-corrected chi connectivity index (χ3v) is 12.9. The van der Waals surface area contributed by atoms with Gasteiger partial charge in [-0.05, 0) is 86.3 Å². The van der Waals surface area contributed by atoms with Crippen molar-refractivity contribution in [3.63, 3.8) is 0 Å². The highest BCUT2D eigenvalue weighted by molar-refractivity contribution is 7.26. The second-order valence-corrected chi connectivity index (χ2v) is 16.4. The molecule has 8 aromatic carbocycles. The maximum absolute atomic E-state index is 5.37. The van der Waals surface area contributed by atoms with Crippen LogP contribution in [0.3, 0.4) is 0 Å². The topological polar surface area (TPSA) is 25.8 Å². The Hall–Kier alpha value is -6.68. The highest BCUT2D eigenvalue weighted by atomic mass is 32.1. The predicted molar refractivity (Wildman–Crippen MR) is 237 cm³/mol. The monoisotopic (exact) mass is 732 g/mol. The molecule has 1 aliphatic rings. The van der Waals surface area contributed by atoms with E-state index in [0.29, 0.717) is 5.82 Å². The highest BCUT2D eigenvalue weighted by Gasteiger charge is 2.36. The molecule has 2 heterocycles. The molecular weight excluding hydrogens is 697 g/mol. The fourth-order valence-corrected chi connectivity index (χ4v) is 10.2. The first-order valence-corrected chi connectivity index (χ1v) is 20.1. The van der Waals surface area contributed by atoms with E-state index in [0.717, 1.165) is 39.2 Å². The van der Waals surface area contributed by atoms with Crippen molar-refractivity contribution in [2.24, 2.45) is 0 Å². The quantitative estimate of drug-likeness (QED) is 0.176. The number of aromatic nitrogens is 2. The van der Waals surface area contributed by atoms with Gasteiger partial charge in [-0.15, -0.1) is 11.3 Å². The van der Waals surface area contributed by atoms with Gasteiger partial charge in [-0.3, -0.25) is 0 Å². The number of hydrogen-bond donors (Lipinski definition) is 0. The Morgan fingerprint density at radius 1 is 0.393 bits per heavy atom. The van der Waals surface area contributed by atoms with Crippen LogP contribution < -0.4 is 0 Å². The van der Waals surface area contributed by atoms with Gasteiger partial charge in [0.1, 0.15) is 0 Å². The zero-order valence-electron chi connectivity index (χ0n) is 31.1. The molecule has 10 aromatic rings. The molecule has 11 rings (SSSR count). The lowest BCUT2D eigenvalue weighted by Gasteiger charge is -2.21. The highest BCUT2D eigenvalue weighted by Crippen LogP contribution is 2.52. The maximum atomic E-state index is 5.37. The molecule has 0 unspecified atom stereocenters. The number of benzene rings is 8. The Bertz CT molecular complexity index is 3160. The summed E-state index contributed by atoms with van der Waals surface area (Å²) in [4.78, 5) is 10.7. The van der Waals surface area contributed by atoms with E-state index in [1.165, 1.54) is 64.3 Å². The summed E-state index contributed by atoms with van der Waals surface area (Å²) in [6.07, 6.45) is 0.